The molecule has 0 atom stereocenters. The molecule has 0 aliphatic carbocycles. The van der Waals surface area contributed by atoms with Crippen LogP contribution in [0.15, 0.2) is 29.8 Å². The summed E-state index contributed by atoms with van der Waals surface area (Å²) in [7, 11) is 0. The third kappa shape index (κ3) is 9.35. The first kappa shape index (κ1) is 23.4. The minimum absolute atomic E-state index is 0.166. The van der Waals surface area contributed by atoms with Crippen molar-refractivity contribution in [2.24, 2.45) is 10.8 Å². The molecule has 0 saturated carbocycles. The topological polar surface area (TPSA) is 81.7 Å². The van der Waals surface area contributed by atoms with Gasteiger partial charge in [-0.3, -0.25) is 4.79 Å². The van der Waals surface area contributed by atoms with Crippen molar-refractivity contribution in [2.75, 3.05) is 18.5 Å². The number of carbonyl (C=O) groups is 3. The van der Waals surface area contributed by atoms with Gasteiger partial charge >= 0.3 is 11.9 Å². The maximum Gasteiger partial charge on any atom is 0.345 e. The van der Waals surface area contributed by atoms with E-state index in [1.54, 1.807) is 24.3 Å². The number of amides is 1. The van der Waals surface area contributed by atoms with Crippen LogP contribution in [0.25, 0.3) is 6.08 Å². The minimum Gasteiger partial charge on any atom is -0.461 e. The molecule has 0 spiro atoms. The summed E-state index contributed by atoms with van der Waals surface area (Å²) in [5, 5.41) is 2.66. The van der Waals surface area contributed by atoms with Crippen LogP contribution >= 0.6 is 0 Å². The average Bonchev–Trinajstić information content (AvgIpc) is 2.55. The Labute approximate surface area is 167 Å². The quantitative estimate of drug-likeness (QED) is 0.341. The van der Waals surface area contributed by atoms with Gasteiger partial charge in [-0.05, 0) is 34.6 Å². The number of rotatable bonds is 6. The smallest absolute Gasteiger partial charge is 0.345 e. The standard InChI is InChI=1S/C22H31NO5/c1-15(24)23-17-10-8-16(9-11-17)12-18(19(25)27-13-21(2,3)4)20(26)28-14-22(5,6)7/h8-12H,13-14H2,1-7H3,(H,23,24). The molecular weight excluding hydrogens is 358 g/mol. The molecule has 6 nitrogen and oxygen atoms in total. The monoisotopic (exact) mass is 389 g/mol. The molecule has 0 aromatic heterocycles. The lowest BCUT2D eigenvalue weighted by atomic mass is 9.98. The fraction of sp³-hybridized carbons (Fsp3) is 0.500. The third-order valence-corrected chi connectivity index (χ3v) is 3.25. The predicted molar refractivity (Wildman–Crippen MR) is 110 cm³/mol. The molecule has 1 N–H and O–H groups in total. The lowest BCUT2D eigenvalue weighted by Gasteiger charge is -2.20. The van der Waals surface area contributed by atoms with Gasteiger partial charge in [-0.25, -0.2) is 9.59 Å². The van der Waals surface area contributed by atoms with E-state index in [2.05, 4.69) is 5.32 Å². The highest BCUT2D eigenvalue weighted by Crippen LogP contribution is 2.19. The molecular formula is C22H31NO5. The Kier molecular flexibility index (Phi) is 7.97. The van der Waals surface area contributed by atoms with Gasteiger partial charge in [-0.2, -0.15) is 0 Å². The van der Waals surface area contributed by atoms with E-state index in [9.17, 15) is 14.4 Å². The summed E-state index contributed by atoms with van der Waals surface area (Å²) in [4.78, 5) is 36.2. The lowest BCUT2D eigenvalue weighted by Crippen LogP contribution is -2.25. The van der Waals surface area contributed by atoms with Crippen LogP contribution in [0, 0.1) is 10.8 Å². The van der Waals surface area contributed by atoms with E-state index in [0.29, 0.717) is 11.3 Å². The van der Waals surface area contributed by atoms with Gasteiger partial charge in [0, 0.05) is 12.6 Å². The zero-order valence-electron chi connectivity index (χ0n) is 17.8. The van der Waals surface area contributed by atoms with Gasteiger partial charge in [0.2, 0.25) is 5.91 Å². The third-order valence-electron chi connectivity index (χ3n) is 3.25. The van der Waals surface area contributed by atoms with Crippen LogP contribution < -0.4 is 5.32 Å². The molecule has 0 radical (unpaired) electrons. The van der Waals surface area contributed by atoms with Crippen LogP contribution in [-0.4, -0.2) is 31.1 Å². The van der Waals surface area contributed by atoms with Crippen molar-refractivity contribution >= 4 is 29.6 Å². The summed E-state index contributed by atoms with van der Waals surface area (Å²) < 4.78 is 10.6. The Hall–Kier alpha value is -2.63. The number of ether oxygens (including phenoxy) is 2. The van der Waals surface area contributed by atoms with E-state index >= 15 is 0 Å². The van der Waals surface area contributed by atoms with Crippen LogP contribution in [0.1, 0.15) is 54.0 Å². The highest BCUT2D eigenvalue weighted by molar-refractivity contribution is 6.17. The number of hydrogen-bond acceptors (Lipinski definition) is 5. The van der Waals surface area contributed by atoms with E-state index in [4.69, 9.17) is 9.47 Å². The maximum atomic E-state index is 12.5. The van der Waals surface area contributed by atoms with E-state index in [1.165, 1.54) is 13.0 Å². The number of benzene rings is 1. The van der Waals surface area contributed by atoms with Crippen LogP contribution in [0.3, 0.4) is 0 Å². The molecule has 0 saturated heterocycles. The van der Waals surface area contributed by atoms with E-state index < -0.39 is 11.9 Å². The second-order valence-electron chi connectivity index (χ2n) is 9.13. The molecule has 1 aromatic carbocycles. The summed E-state index contributed by atoms with van der Waals surface area (Å²) in [6, 6.07) is 6.76. The largest absolute Gasteiger partial charge is 0.461 e. The minimum atomic E-state index is -0.722. The molecule has 0 aliphatic heterocycles. The van der Waals surface area contributed by atoms with Gasteiger partial charge in [-0.1, -0.05) is 53.7 Å². The molecule has 0 unspecified atom stereocenters. The van der Waals surface area contributed by atoms with E-state index in [0.717, 1.165) is 0 Å². The molecule has 0 bridgehead atoms. The molecule has 1 amide bonds. The summed E-state index contributed by atoms with van der Waals surface area (Å²) in [6.45, 7) is 13.4. The molecule has 6 heteroatoms. The van der Waals surface area contributed by atoms with Gasteiger partial charge in [0.15, 0.2) is 0 Å². The Balaban J connectivity index is 3.07. The van der Waals surface area contributed by atoms with Crippen LogP contribution in [0.2, 0.25) is 0 Å². The van der Waals surface area contributed by atoms with Crippen molar-refractivity contribution in [3.63, 3.8) is 0 Å². The fourth-order valence-corrected chi connectivity index (χ4v) is 1.95. The number of nitrogens with one attached hydrogen (secondary N) is 1. The normalized spacial score (nSPS) is 11.4. The number of esters is 2. The van der Waals surface area contributed by atoms with E-state index in [-0.39, 0.29) is 35.5 Å². The zero-order chi connectivity index (χ0) is 21.5. The maximum absolute atomic E-state index is 12.5. The second-order valence-corrected chi connectivity index (χ2v) is 9.13. The Morgan fingerprint density at radius 2 is 1.29 bits per heavy atom. The van der Waals surface area contributed by atoms with Crippen molar-refractivity contribution in [1.29, 1.82) is 0 Å². The molecule has 1 aromatic rings. The van der Waals surface area contributed by atoms with Crippen molar-refractivity contribution in [3.05, 3.63) is 35.4 Å². The first-order valence-electron chi connectivity index (χ1n) is 9.20. The molecule has 0 aliphatic rings. The Morgan fingerprint density at radius 1 is 0.857 bits per heavy atom. The molecule has 1 rings (SSSR count). The van der Waals surface area contributed by atoms with Crippen molar-refractivity contribution in [1.82, 2.24) is 0 Å². The van der Waals surface area contributed by atoms with E-state index in [1.807, 2.05) is 41.5 Å². The average molecular weight is 389 g/mol. The fourth-order valence-electron chi connectivity index (χ4n) is 1.95. The molecule has 154 valence electrons. The van der Waals surface area contributed by atoms with Gasteiger partial charge in [0.1, 0.15) is 5.57 Å². The summed E-state index contributed by atoms with van der Waals surface area (Å²) >= 11 is 0. The second kappa shape index (κ2) is 9.53. The Morgan fingerprint density at radius 3 is 1.64 bits per heavy atom. The molecule has 0 heterocycles. The first-order chi connectivity index (χ1) is 12.8. The van der Waals surface area contributed by atoms with Crippen molar-refractivity contribution < 1.29 is 23.9 Å². The molecule has 0 fully saturated rings. The zero-order valence-corrected chi connectivity index (χ0v) is 17.8. The summed E-state index contributed by atoms with van der Waals surface area (Å²) in [5.41, 5.74) is 0.619. The number of hydrogen-bond donors (Lipinski definition) is 1. The number of anilines is 1. The van der Waals surface area contributed by atoms with Crippen LogP contribution in [0.5, 0.6) is 0 Å². The lowest BCUT2D eigenvalue weighted by molar-refractivity contribution is -0.149. The van der Waals surface area contributed by atoms with Gasteiger partial charge in [0.25, 0.3) is 0 Å². The Bertz CT molecular complexity index is 702. The number of carbonyl (C=O) groups excluding carboxylic acids is 3. The van der Waals surface area contributed by atoms with Gasteiger partial charge < -0.3 is 14.8 Å². The first-order valence-corrected chi connectivity index (χ1v) is 9.20. The van der Waals surface area contributed by atoms with Gasteiger partial charge in [0.05, 0.1) is 13.2 Å². The summed E-state index contributed by atoms with van der Waals surface area (Å²) in [6.07, 6.45) is 1.44. The van der Waals surface area contributed by atoms with Crippen molar-refractivity contribution in [2.45, 2.75) is 48.5 Å². The summed E-state index contributed by atoms with van der Waals surface area (Å²) in [5.74, 6) is -1.62. The van der Waals surface area contributed by atoms with Crippen LogP contribution in [0.4, 0.5) is 5.69 Å². The SMILES string of the molecule is CC(=O)Nc1ccc(C=C(C(=O)OCC(C)(C)C)C(=O)OCC(C)(C)C)cc1. The van der Waals surface area contributed by atoms with Gasteiger partial charge in [-0.15, -0.1) is 0 Å². The van der Waals surface area contributed by atoms with Crippen molar-refractivity contribution in [3.8, 4) is 0 Å². The highest BCUT2D eigenvalue weighted by atomic mass is 16.6. The predicted octanol–water partition coefficient (Wildman–Crippen LogP) is 4.21. The highest BCUT2D eigenvalue weighted by Gasteiger charge is 2.25. The molecule has 28 heavy (non-hydrogen) atoms. The van der Waals surface area contributed by atoms with Crippen LogP contribution in [-0.2, 0) is 23.9 Å².